The van der Waals surface area contributed by atoms with Crippen molar-refractivity contribution in [2.24, 2.45) is 5.92 Å². The van der Waals surface area contributed by atoms with E-state index in [-0.39, 0.29) is 18.8 Å². The average Bonchev–Trinajstić information content (AvgIpc) is 2.92. The lowest BCUT2D eigenvalue weighted by Gasteiger charge is -2.27. The summed E-state index contributed by atoms with van der Waals surface area (Å²) in [4.78, 5) is 15.0. The zero-order chi connectivity index (χ0) is 22.8. The number of anilines is 2. The summed E-state index contributed by atoms with van der Waals surface area (Å²) in [7, 11) is 0. The van der Waals surface area contributed by atoms with E-state index in [0.29, 0.717) is 11.7 Å². The predicted molar refractivity (Wildman–Crippen MR) is 130 cm³/mol. The van der Waals surface area contributed by atoms with Crippen molar-refractivity contribution in [2.75, 3.05) is 30.1 Å². The highest BCUT2D eigenvalue weighted by atomic mass is 32.2. The smallest absolute Gasteiger partial charge is 0.306 e. The van der Waals surface area contributed by atoms with Crippen LogP contribution >= 0.6 is 23.5 Å². The average molecular weight is 466 g/mol. The summed E-state index contributed by atoms with van der Waals surface area (Å²) in [5, 5.41) is 8.83. The summed E-state index contributed by atoms with van der Waals surface area (Å²) in [6.07, 6.45) is 4.58. The number of ether oxygens (including phenoxy) is 1. The van der Waals surface area contributed by atoms with Gasteiger partial charge in [0.1, 0.15) is 11.6 Å². The molecular weight excluding hydrogens is 433 g/mol. The van der Waals surface area contributed by atoms with Crippen LogP contribution in [0.15, 0.2) is 46.2 Å². The molecule has 0 saturated carbocycles. The lowest BCUT2D eigenvalue weighted by atomic mass is 10.1. The highest BCUT2D eigenvalue weighted by molar-refractivity contribution is 7.99. The standard InChI is InChI=1S/C20H22FNO3S2.C4H10/c1-13-11-22(15-5-3-14(21)4-6-15)16-9-19(26-2)17(10-18(16)27-12-13)25-8-7-20(23)24;1-3-4-2/h3-6,9-10,13H,7-8,11-12H2,1-2H3,(H,23,24);3-4H2,1-2H3. The fourth-order valence-electron chi connectivity index (χ4n) is 2.94. The molecule has 2 aromatic carbocycles. The molecular formula is C24H32FNO3S2. The quantitative estimate of drug-likeness (QED) is 0.441. The summed E-state index contributed by atoms with van der Waals surface area (Å²) in [6.45, 7) is 7.55. The minimum Gasteiger partial charge on any atom is -0.492 e. The maximum absolute atomic E-state index is 13.4. The number of fused-ring (bicyclic) bond motifs is 1. The molecule has 7 heteroatoms. The van der Waals surface area contributed by atoms with E-state index in [1.54, 1.807) is 35.7 Å². The minimum atomic E-state index is -0.874. The first-order chi connectivity index (χ1) is 14.9. The van der Waals surface area contributed by atoms with Crippen molar-refractivity contribution in [2.45, 2.75) is 49.8 Å². The Labute approximate surface area is 193 Å². The number of aliphatic carboxylic acids is 1. The van der Waals surface area contributed by atoms with Crippen LogP contribution in [0.2, 0.25) is 0 Å². The summed E-state index contributed by atoms with van der Waals surface area (Å²) in [5.41, 5.74) is 2.03. The molecule has 1 N–H and O–H groups in total. The van der Waals surface area contributed by atoms with Gasteiger partial charge in [0.25, 0.3) is 0 Å². The van der Waals surface area contributed by atoms with Gasteiger partial charge in [-0.05, 0) is 48.6 Å². The van der Waals surface area contributed by atoms with Gasteiger partial charge in [-0.3, -0.25) is 4.79 Å². The second-order valence-corrected chi connectivity index (χ2v) is 9.38. The van der Waals surface area contributed by atoms with Crippen LogP contribution in [0, 0.1) is 11.7 Å². The van der Waals surface area contributed by atoms with Crippen LogP contribution in [0.3, 0.4) is 0 Å². The third kappa shape index (κ3) is 7.65. The van der Waals surface area contributed by atoms with Gasteiger partial charge in [0.2, 0.25) is 0 Å². The highest BCUT2D eigenvalue weighted by Crippen LogP contribution is 2.44. The SMILES string of the molecule is CCCC.CSc1cc2c(cc1OCCC(=O)O)SCC(C)CN2c1ccc(F)cc1. The Kier molecular flexibility index (Phi) is 10.5. The van der Waals surface area contributed by atoms with E-state index in [9.17, 15) is 9.18 Å². The molecule has 170 valence electrons. The molecule has 1 atom stereocenters. The molecule has 1 heterocycles. The second kappa shape index (κ2) is 12.9. The predicted octanol–water partition coefficient (Wildman–Crippen LogP) is 7.09. The van der Waals surface area contributed by atoms with Gasteiger partial charge < -0.3 is 14.7 Å². The van der Waals surface area contributed by atoms with Crippen LogP contribution in [0.4, 0.5) is 15.8 Å². The molecule has 4 nitrogen and oxygen atoms in total. The van der Waals surface area contributed by atoms with Crippen molar-refractivity contribution < 1.29 is 19.0 Å². The Morgan fingerprint density at radius 3 is 2.52 bits per heavy atom. The molecule has 1 aliphatic rings. The van der Waals surface area contributed by atoms with Crippen molar-refractivity contribution in [1.82, 2.24) is 0 Å². The number of thioether (sulfide) groups is 2. The van der Waals surface area contributed by atoms with Crippen LogP contribution in [0.25, 0.3) is 0 Å². The van der Waals surface area contributed by atoms with Crippen molar-refractivity contribution in [3.8, 4) is 5.75 Å². The molecule has 0 aliphatic carbocycles. The minimum absolute atomic E-state index is 0.0310. The Bertz CT molecular complexity index is 843. The van der Waals surface area contributed by atoms with Crippen LogP contribution in [-0.4, -0.2) is 36.2 Å². The van der Waals surface area contributed by atoms with E-state index in [0.717, 1.165) is 33.5 Å². The molecule has 0 saturated heterocycles. The van der Waals surface area contributed by atoms with Gasteiger partial charge in [-0.25, -0.2) is 4.39 Å². The lowest BCUT2D eigenvalue weighted by Crippen LogP contribution is -2.23. The molecule has 0 aromatic heterocycles. The van der Waals surface area contributed by atoms with Crippen molar-refractivity contribution >= 4 is 40.9 Å². The number of carbonyl (C=O) groups is 1. The number of halogens is 1. The van der Waals surface area contributed by atoms with Gasteiger partial charge in [0.05, 0.1) is 23.6 Å². The second-order valence-electron chi connectivity index (χ2n) is 7.47. The molecule has 0 spiro atoms. The van der Waals surface area contributed by atoms with Crippen molar-refractivity contribution in [3.63, 3.8) is 0 Å². The normalized spacial score (nSPS) is 15.4. The first-order valence-electron chi connectivity index (χ1n) is 10.6. The molecule has 3 rings (SSSR count). The number of benzene rings is 2. The topological polar surface area (TPSA) is 49.8 Å². The van der Waals surface area contributed by atoms with E-state index in [1.165, 1.54) is 25.0 Å². The number of hydrogen-bond donors (Lipinski definition) is 1. The third-order valence-corrected chi connectivity index (χ3v) is 6.90. The Morgan fingerprint density at radius 2 is 1.94 bits per heavy atom. The molecule has 0 bridgehead atoms. The van der Waals surface area contributed by atoms with Crippen molar-refractivity contribution in [3.05, 3.63) is 42.2 Å². The van der Waals surface area contributed by atoms with Gasteiger partial charge in [-0.1, -0.05) is 33.6 Å². The maximum atomic E-state index is 13.4. The molecule has 0 fully saturated rings. The molecule has 0 radical (unpaired) electrons. The summed E-state index contributed by atoms with van der Waals surface area (Å²) in [6, 6.07) is 10.7. The highest BCUT2D eigenvalue weighted by Gasteiger charge is 2.23. The zero-order valence-electron chi connectivity index (χ0n) is 18.7. The number of carboxylic acid groups (broad SMARTS) is 1. The zero-order valence-corrected chi connectivity index (χ0v) is 20.3. The van der Waals surface area contributed by atoms with Gasteiger partial charge in [-0.15, -0.1) is 23.5 Å². The van der Waals surface area contributed by atoms with Crippen molar-refractivity contribution in [1.29, 1.82) is 0 Å². The number of nitrogens with zero attached hydrogens (tertiary/aromatic N) is 1. The van der Waals surface area contributed by atoms with Crippen LogP contribution in [-0.2, 0) is 4.79 Å². The first-order valence-corrected chi connectivity index (χ1v) is 12.8. The molecule has 2 aromatic rings. The Hall–Kier alpha value is -1.86. The fraction of sp³-hybridized carbons (Fsp3) is 0.458. The largest absolute Gasteiger partial charge is 0.492 e. The molecule has 0 amide bonds. The monoisotopic (exact) mass is 465 g/mol. The lowest BCUT2D eigenvalue weighted by molar-refractivity contribution is -0.137. The number of rotatable bonds is 7. The Balaban J connectivity index is 0.000000785. The number of carboxylic acids is 1. The van der Waals surface area contributed by atoms with E-state index < -0.39 is 5.97 Å². The molecule has 31 heavy (non-hydrogen) atoms. The van der Waals surface area contributed by atoms with E-state index in [2.05, 4.69) is 31.7 Å². The van der Waals surface area contributed by atoms with Crippen LogP contribution < -0.4 is 9.64 Å². The van der Waals surface area contributed by atoms with Crippen LogP contribution in [0.1, 0.15) is 40.0 Å². The summed E-state index contributed by atoms with van der Waals surface area (Å²) in [5.74, 6) is 1.02. The van der Waals surface area contributed by atoms with Gasteiger partial charge >= 0.3 is 5.97 Å². The fourth-order valence-corrected chi connectivity index (χ4v) is 4.56. The van der Waals surface area contributed by atoms with E-state index in [1.807, 2.05) is 12.3 Å². The summed E-state index contributed by atoms with van der Waals surface area (Å²) >= 11 is 3.34. The first kappa shape index (κ1) is 25.4. The van der Waals surface area contributed by atoms with E-state index >= 15 is 0 Å². The number of hydrogen-bond acceptors (Lipinski definition) is 5. The molecule has 1 unspecified atom stereocenters. The van der Waals surface area contributed by atoms with Gasteiger partial charge in [0, 0.05) is 22.9 Å². The van der Waals surface area contributed by atoms with Gasteiger partial charge in [0.15, 0.2) is 0 Å². The summed E-state index contributed by atoms with van der Waals surface area (Å²) < 4.78 is 19.1. The van der Waals surface area contributed by atoms with Gasteiger partial charge in [-0.2, -0.15) is 0 Å². The Morgan fingerprint density at radius 1 is 1.26 bits per heavy atom. The van der Waals surface area contributed by atoms with E-state index in [4.69, 9.17) is 9.84 Å². The maximum Gasteiger partial charge on any atom is 0.306 e. The number of unbranched alkanes of at least 4 members (excludes halogenated alkanes) is 1. The molecule has 1 aliphatic heterocycles. The third-order valence-electron chi connectivity index (χ3n) is 4.77. The van der Waals surface area contributed by atoms with Crippen LogP contribution in [0.5, 0.6) is 5.75 Å².